The Kier molecular flexibility index (Phi) is 5.25. The van der Waals surface area contributed by atoms with Crippen LogP contribution in [0, 0.1) is 12.8 Å². The summed E-state index contributed by atoms with van der Waals surface area (Å²) in [5.41, 5.74) is 5.17. The number of carbonyl (C=O) groups excluding carboxylic acids is 1. The molecule has 3 aromatic rings. The van der Waals surface area contributed by atoms with E-state index in [1.54, 1.807) is 6.92 Å². The van der Waals surface area contributed by atoms with E-state index in [4.69, 9.17) is 5.73 Å². The highest BCUT2D eigenvalue weighted by Gasteiger charge is 2.37. The number of pyridine rings is 1. The van der Waals surface area contributed by atoms with E-state index in [0.29, 0.717) is 18.8 Å². The van der Waals surface area contributed by atoms with Gasteiger partial charge in [0, 0.05) is 36.8 Å². The first-order valence-electron chi connectivity index (χ1n) is 9.44. The predicted molar refractivity (Wildman–Crippen MR) is 104 cm³/mol. The second kappa shape index (κ2) is 7.76. The van der Waals surface area contributed by atoms with Gasteiger partial charge in [-0.25, -0.2) is 9.50 Å². The first kappa shape index (κ1) is 21.0. The molecule has 4 heterocycles. The average Bonchev–Trinajstić information content (AvgIpc) is 3.33. The number of anilines is 1. The molecular weight excluding hydrogens is 418 g/mol. The van der Waals surface area contributed by atoms with Gasteiger partial charge >= 0.3 is 6.18 Å². The highest BCUT2D eigenvalue weighted by atomic mass is 19.4. The van der Waals surface area contributed by atoms with Gasteiger partial charge in [-0.05, 0) is 19.1 Å². The van der Waals surface area contributed by atoms with Crippen molar-refractivity contribution in [2.45, 2.75) is 19.1 Å². The zero-order valence-corrected chi connectivity index (χ0v) is 16.4. The van der Waals surface area contributed by atoms with Crippen LogP contribution in [0.4, 0.5) is 23.4 Å². The molecule has 0 radical (unpaired) electrons. The number of hydrogen-bond acceptors (Lipinski definition) is 6. The number of halogens is 4. The maximum atomic E-state index is 13.6. The van der Waals surface area contributed by atoms with E-state index in [0.717, 1.165) is 16.9 Å². The maximum absolute atomic E-state index is 13.6. The lowest BCUT2D eigenvalue weighted by atomic mass is 10.0. The Morgan fingerprint density at radius 2 is 2.10 bits per heavy atom. The van der Waals surface area contributed by atoms with E-state index >= 15 is 0 Å². The van der Waals surface area contributed by atoms with Gasteiger partial charge in [0.1, 0.15) is 11.8 Å². The molecule has 4 rings (SSSR count). The molecule has 164 valence electrons. The van der Waals surface area contributed by atoms with Crippen LogP contribution in [0.15, 0.2) is 24.7 Å². The number of nitrogens with two attached hydrogens (primary N) is 1. The first-order chi connectivity index (χ1) is 14.7. The fourth-order valence-electron chi connectivity index (χ4n) is 3.70. The molecule has 0 bridgehead atoms. The number of amides is 1. The van der Waals surface area contributed by atoms with Gasteiger partial charge in [0.2, 0.25) is 0 Å². The van der Waals surface area contributed by atoms with Gasteiger partial charge in [0.25, 0.3) is 5.91 Å². The van der Waals surface area contributed by atoms with Gasteiger partial charge < -0.3 is 16.4 Å². The minimum absolute atomic E-state index is 0.0575. The lowest BCUT2D eigenvalue weighted by Crippen LogP contribution is -2.41. The van der Waals surface area contributed by atoms with Crippen molar-refractivity contribution < 1.29 is 22.4 Å². The lowest BCUT2D eigenvalue weighted by molar-refractivity contribution is -0.136. The minimum atomic E-state index is -4.68. The zero-order valence-electron chi connectivity index (χ0n) is 16.4. The summed E-state index contributed by atoms with van der Waals surface area (Å²) < 4.78 is 54.8. The molecule has 4 N–H and O–H groups in total. The molecule has 1 aliphatic heterocycles. The van der Waals surface area contributed by atoms with Crippen molar-refractivity contribution in [1.82, 2.24) is 30.2 Å². The van der Waals surface area contributed by atoms with E-state index < -0.39 is 24.3 Å². The SMILES string of the molecule is Cc1ncc(-c2cc(C(F)(F)F)c3c(N)ncnn23)cc1C(=O)NC1CNCC1CF. The van der Waals surface area contributed by atoms with E-state index in [1.165, 1.54) is 12.3 Å². The van der Waals surface area contributed by atoms with Gasteiger partial charge in [0.15, 0.2) is 5.82 Å². The van der Waals surface area contributed by atoms with E-state index in [2.05, 4.69) is 25.7 Å². The van der Waals surface area contributed by atoms with Crippen LogP contribution >= 0.6 is 0 Å². The van der Waals surface area contributed by atoms with Gasteiger partial charge in [-0.15, -0.1) is 0 Å². The Labute approximate surface area is 173 Å². The summed E-state index contributed by atoms with van der Waals surface area (Å²) in [4.78, 5) is 20.6. The number of nitrogens with one attached hydrogen (secondary N) is 2. The molecule has 1 aliphatic rings. The molecule has 3 aromatic heterocycles. The normalized spacial score (nSPS) is 19.1. The third-order valence-electron chi connectivity index (χ3n) is 5.37. The topological polar surface area (TPSA) is 110 Å². The number of aryl methyl sites for hydroxylation is 1. The predicted octanol–water partition coefficient (Wildman–Crippen LogP) is 1.99. The second-order valence-electron chi connectivity index (χ2n) is 7.36. The van der Waals surface area contributed by atoms with Gasteiger partial charge in [0.05, 0.1) is 29.2 Å². The zero-order chi connectivity index (χ0) is 22.3. The standard InChI is InChI=1S/C19H19F4N7O/c1-9-12(18(31)29-14-7-25-5-11(14)4-20)2-10(6-26-9)15-3-13(19(21,22)23)16-17(24)27-8-28-30(15)16/h2-3,6,8,11,14,25H,4-5,7H2,1H3,(H,29,31)(H2,24,27,28). The van der Waals surface area contributed by atoms with E-state index in [-0.39, 0.29) is 40.1 Å². The second-order valence-corrected chi connectivity index (χ2v) is 7.36. The van der Waals surface area contributed by atoms with E-state index in [9.17, 15) is 22.4 Å². The van der Waals surface area contributed by atoms with E-state index in [1.807, 2.05) is 0 Å². The molecule has 0 aromatic carbocycles. The fraction of sp³-hybridized carbons (Fsp3) is 0.368. The lowest BCUT2D eigenvalue weighted by Gasteiger charge is -2.18. The summed E-state index contributed by atoms with van der Waals surface area (Å²) in [5.74, 6) is -1.15. The quantitative estimate of drug-likeness (QED) is 0.539. The average molecular weight is 437 g/mol. The molecule has 0 saturated carbocycles. The number of nitrogen functional groups attached to an aromatic ring is 1. The van der Waals surface area contributed by atoms with Gasteiger partial charge in [-0.2, -0.15) is 18.3 Å². The number of alkyl halides is 4. The van der Waals surface area contributed by atoms with Crippen molar-refractivity contribution in [3.05, 3.63) is 41.5 Å². The Balaban J connectivity index is 1.76. The Bertz CT molecular complexity index is 1140. The van der Waals surface area contributed by atoms with Crippen LogP contribution in [-0.2, 0) is 6.18 Å². The molecule has 1 saturated heterocycles. The van der Waals surface area contributed by atoms with Crippen LogP contribution in [0.25, 0.3) is 16.8 Å². The summed E-state index contributed by atoms with van der Waals surface area (Å²) in [6.07, 6.45) is -2.28. The molecular formula is C19H19F4N7O. The Morgan fingerprint density at radius 1 is 1.32 bits per heavy atom. The van der Waals surface area contributed by atoms with Crippen LogP contribution in [-0.4, -0.2) is 51.3 Å². The third-order valence-corrected chi connectivity index (χ3v) is 5.37. The van der Waals surface area contributed by atoms with Crippen molar-refractivity contribution >= 4 is 17.2 Å². The van der Waals surface area contributed by atoms with Crippen LogP contribution in [0.5, 0.6) is 0 Å². The number of fused-ring (bicyclic) bond motifs is 1. The van der Waals surface area contributed by atoms with Crippen molar-refractivity contribution in [1.29, 1.82) is 0 Å². The van der Waals surface area contributed by atoms with Crippen molar-refractivity contribution in [2.24, 2.45) is 5.92 Å². The molecule has 2 unspecified atom stereocenters. The molecule has 8 nitrogen and oxygen atoms in total. The van der Waals surface area contributed by atoms with Crippen LogP contribution in [0.3, 0.4) is 0 Å². The van der Waals surface area contributed by atoms with Crippen molar-refractivity contribution in [2.75, 3.05) is 25.5 Å². The number of carbonyl (C=O) groups is 1. The highest BCUT2D eigenvalue weighted by Crippen LogP contribution is 2.38. The number of rotatable bonds is 4. The highest BCUT2D eigenvalue weighted by molar-refractivity contribution is 5.96. The monoisotopic (exact) mass is 437 g/mol. The Hall–Kier alpha value is -3.28. The largest absolute Gasteiger partial charge is 0.418 e. The maximum Gasteiger partial charge on any atom is 0.418 e. The van der Waals surface area contributed by atoms with Crippen molar-refractivity contribution in [3.8, 4) is 11.3 Å². The molecule has 1 amide bonds. The van der Waals surface area contributed by atoms with Crippen LogP contribution in [0.1, 0.15) is 21.6 Å². The smallest absolute Gasteiger partial charge is 0.382 e. The fourth-order valence-corrected chi connectivity index (χ4v) is 3.70. The van der Waals surface area contributed by atoms with Crippen LogP contribution < -0.4 is 16.4 Å². The minimum Gasteiger partial charge on any atom is -0.382 e. The van der Waals surface area contributed by atoms with Gasteiger partial charge in [-0.3, -0.25) is 14.2 Å². The molecule has 0 spiro atoms. The van der Waals surface area contributed by atoms with Crippen LogP contribution in [0.2, 0.25) is 0 Å². The molecule has 0 aliphatic carbocycles. The summed E-state index contributed by atoms with van der Waals surface area (Å²) in [5, 5.41) is 9.70. The summed E-state index contributed by atoms with van der Waals surface area (Å²) in [6, 6.07) is 1.94. The molecule has 2 atom stereocenters. The molecule has 1 fully saturated rings. The Morgan fingerprint density at radius 3 is 2.81 bits per heavy atom. The summed E-state index contributed by atoms with van der Waals surface area (Å²) >= 11 is 0. The first-order valence-corrected chi connectivity index (χ1v) is 9.44. The summed E-state index contributed by atoms with van der Waals surface area (Å²) in [6.45, 7) is 1.92. The summed E-state index contributed by atoms with van der Waals surface area (Å²) in [7, 11) is 0. The van der Waals surface area contributed by atoms with Crippen molar-refractivity contribution in [3.63, 3.8) is 0 Å². The van der Waals surface area contributed by atoms with Gasteiger partial charge in [-0.1, -0.05) is 0 Å². The third kappa shape index (κ3) is 3.78. The molecule has 31 heavy (non-hydrogen) atoms. The number of aromatic nitrogens is 4. The number of hydrogen-bond donors (Lipinski definition) is 3. The number of nitrogens with zero attached hydrogens (tertiary/aromatic N) is 4. The molecule has 12 heteroatoms.